The van der Waals surface area contributed by atoms with Crippen LogP contribution in [0.4, 0.5) is 0 Å². The van der Waals surface area contributed by atoms with Crippen LogP contribution in [0.25, 0.3) is 0 Å². The number of halogens is 1. The van der Waals surface area contributed by atoms with E-state index in [9.17, 15) is 4.79 Å². The molecule has 1 aliphatic heterocycles. The molecule has 4 heteroatoms. The lowest BCUT2D eigenvalue weighted by Gasteiger charge is -2.42. The monoisotopic (exact) mass is 324 g/mol. The normalized spacial score (nSPS) is 24.1. The minimum absolute atomic E-state index is 0.00644. The van der Waals surface area contributed by atoms with Crippen LogP contribution in [0.5, 0.6) is 0 Å². The van der Waals surface area contributed by atoms with Crippen molar-refractivity contribution in [2.24, 2.45) is 5.73 Å². The molecule has 2 rings (SSSR count). The van der Waals surface area contributed by atoms with Crippen LogP contribution in [0.15, 0.2) is 22.7 Å². The molecular formula is C15H21BrN2O. The molecule has 2 N–H and O–H groups in total. The second kappa shape index (κ2) is 5.63. The number of amides is 1. The van der Waals surface area contributed by atoms with Gasteiger partial charge in [-0.1, -0.05) is 28.1 Å². The smallest absolute Gasteiger partial charge is 0.223 e. The number of aryl methyl sites for hydroxylation is 1. The maximum absolute atomic E-state index is 12.2. The summed E-state index contributed by atoms with van der Waals surface area (Å²) < 4.78 is 1.09. The zero-order chi connectivity index (χ0) is 14.2. The molecule has 0 aliphatic carbocycles. The van der Waals surface area contributed by atoms with E-state index in [4.69, 9.17) is 5.73 Å². The van der Waals surface area contributed by atoms with Gasteiger partial charge in [-0.25, -0.2) is 0 Å². The van der Waals surface area contributed by atoms with Crippen molar-refractivity contribution < 1.29 is 4.79 Å². The van der Waals surface area contributed by atoms with Crippen LogP contribution in [-0.4, -0.2) is 22.9 Å². The number of benzene rings is 1. The van der Waals surface area contributed by atoms with E-state index in [-0.39, 0.29) is 24.0 Å². The third kappa shape index (κ3) is 2.84. The highest BCUT2D eigenvalue weighted by Crippen LogP contribution is 2.34. The van der Waals surface area contributed by atoms with Crippen LogP contribution in [-0.2, 0) is 4.79 Å². The average molecular weight is 325 g/mol. The van der Waals surface area contributed by atoms with Crippen molar-refractivity contribution in [3.8, 4) is 0 Å². The minimum Gasteiger partial charge on any atom is -0.332 e. The van der Waals surface area contributed by atoms with Crippen molar-refractivity contribution in [3.63, 3.8) is 0 Å². The molecule has 1 fully saturated rings. The van der Waals surface area contributed by atoms with Gasteiger partial charge >= 0.3 is 0 Å². The number of likely N-dealkylation sites (tertiary alicyclic amines) is 1. The van der Waals surface area contributed by atoms with Gasteiger partial charge in [-0.05, 0) is 44.4 Å². The van der Waals surface area contributed by atoms with Gasteiger partial charge in [-0.3, -0.25) is 4.79 Å². The summed E-state index contributed by atoms with van der Waals surface area (Å²) in [6.45, 7) is 6.16. The molecule has 0 aromatic heterocycles. The molecule has 104 valence electrons. The number of piperidine rings is 1. The first kappa shape index (κ1) is 14.5. The molecule has 0 radical (unpaired) electrons. The summed E-state index contributed by atoms with van der Waals surface area (Å²) in [6, 6.07) is 6.41. The minimum atomic E-state index is -0.00644. The Hall–Kier alpha value is -0.870. The van der Waals surface area contributed by atoms with E-state index in [0.717, 1.165) is 16.5 Å². The fourth-order valence-electron chi connectivity index (χ4n) is 2.81. The molecule has 2 unspecified atom stereocenters. The fourth-order valence-corrected chi connectivity index (χ4v) is 3.05. The lowest BCUT2D eigenvalue weighted by Crippen LogP contribution is -2.51. The Bertz CT molecular complexity index is 487. The van der Waals surface area contributed by atoms with E-state index in [1.54, 1.807) is 0 Å². The summed E-state index contributed by atoms with van der Waals surface area (Å²) in [4.78, 5) is 14.1. The van der Waals surface area contributed by atoms with E-state index >= 15 is 0 Å². The number of hydrogen-bond donors (Lipinski definition) is 1. The SMILES string of the molecule is Cc1cc(C2C(N)CCC(=O)N2C(C)C)ccc1Br. The van der Waals surface area contributed by atoms with Crippen molar-refractivity contribution >= 4 is 21.8 Å². The standard InChI is InChI=1S/C15H21BrN2O/c1-9(2)18-14(19)7-6-13(17)15(18)11-4-5-12(16)10(3)8-11/h4-5,8-9,13,15H,6-7,17H2,1-3H3. The maximum Gasteiger partial charge on any atom is 0.223 e. The number of carbonyl (C=O) groups is 1. The molecular weight excluding hydrogens is 304 g/mol. The van der Waals surface area contributed by atoms with Gasteiger partial charge in [0.05, 0.1) is 6.04 Å². The van der Waals surface area contributed by atoms with Crippen molar-refractivity contribution in [2.75, 3.05) is 0 Å². The van der Waals surface area contributed by atoms with Gasteiger partial charge in [0, 0.05) is 23.0 Å². The predicted molar refractivity (Wildman–Crippen MR) is 80.8 cm³/mol. The van der Waals surface area contributed by atoms with E-state index in [0.29, 0.717) is 6.42 Å². The Kier molecular flexibility index (Phi) is 4.31. The molecule has 0 bridgehead atoms. The first-order valence-electron chi connectivity index (χ1n) is 6.74. The molecule has 1 amide bonds. The van der Waals surface area contributed by atoms with E-state index in [1.165, 1.54) is 5.56 Å². The lowest BCUT2D eigenvalue weighted by atomic mass is 9.89. The Morgan fingerprint density at radius 1 is 1.42 bits per heavy atom. The van der Waals surface area contributed by atoms with Gasteiger partial charge in [0.2, 0.25) is 5.91 Å². The van der Waals surface area contributed by atoms with Gasteiger partial charge in [0.1, 0.15) is 0 Å². The third-order valence-corrected chi connectivity index (χ3v) is 4.65. The van der Waals surface area contributed by atoms with Gasteiger partial charge in [-0.15, -0.1) is 0 Å². The molecule has 19 heavy (non-hydrogen) atoms. The predicted octanol–water partition coefficient (Wildman–Crippen LogP) is 3.16. The van der Waals surface area contributed by atoms with Crippen LogP contribution >= 0.6 is 15.9 Å². The van der Waals surface area contributed by atoms with Crippen molar-refractivity contribution in [2.45, 2.75) is 51.7 Å². The van der Waals surface area contributed by atoms with E-state index in [2.05, 4.69) is 48.8 Å². The van der Waals surface area contributed by atoms with Crippen molar-refractivity contribution in [1.82, 2.24) is 4.90 Å². The summed E-state index contributed by atoms with van der Waals surface area (Å²) in [6.07, 6.45) is 1.33. The van der Waals surface area contributed by atoms with Crippen LogP contribution in [0.3, 0.4) is 0 Å². The van der Waals surface area contributed by atoms with E-state index in [1.807, 2.05) is 11.0 Å². The molecule has 0 spiro atoms. The van der Waals surface area contributed by atoms with Crippen LogP contribution < -0.4 is 5.73 Å². The van der Waals surface area contributed by atoms with Gasteiger partial charge in [0.25, 0.3) is 0 Å². The maximum atomic E-state index is 12.2. The zero-order valence-corrected chi connectivity index (χ0v) is 13.3. The second-order valence-electron chi connectivity index (χ2n) is 5.55. The highest BCUT2D eigenvalue weighted by atomic mass is 79.9. The molecule has 3 nitrogen and oxygen atoms in total. The summed E-state index contributed by atoms with van der Waals surface area (Å²) in [5, 5.41) is 0. The molecule has 1 aliphatic rings. The Morgan fingerprint density at radius 2 is 2.11 bits per heavy atom. The second-order valence-corrected chi connectivity index (χ2v) is 6.41. The van der Waals surface area contributed by atoms with E-state index < -0.39 is 0 Å². The molecule has 1 saturated heterocycles. The number of hydrogen-bond acceptors (Lipinski definition) is 2. The Balaban J connectivity index is 2.42. The largest absolute Gasteiger partial charge is 0.332 e. The van der Waals surface area contributed by atoms with Crippen LogP contribution in [0, 0.1) is 6.92 Å². The lowest BCUT2D eigenvalue weighted by molar-refractivity contribution is -0.139. The first-order chi connectivity index (χ1) is 8.91. The van der Waals surface area contributed by atoms with Gasteiger partial charge in [-0.2, -0.15) is 0 Å². The van der Waals surface area contributed by atoms with Gasteiger partial charge < -0.3 is 10.6 Å². The summed E-state index contributed by atoms with van der Waals surface area (Å²) in [5.41, 5.74) is 8.59. The van der Waals surface area contributed by atoms with Crippen LogP contribution in [0.1, 0.15) is 43.9 Å². The Labute approximate surface area is 123 Å². The number of nitrogens with two attached hydrogens (primary N) is 1. The molecule has 2 atom stereocenters. The topological polar surface area (TPSA) is 46.3 Å². The average Bonchev–Trinajstić information content (AvgIpc) is 2.35. The van der Waals surface area contributed by atoms with Gasteiger partial charge in [0.15, 0.2) is 0 Å². The quantitative estimate of drug-likeness (QED) is 0.908. The van der Waals surface area contributed by atoms with Crippen LogP contribution in [0.2, 0.25) is 0 Å². The Morgan fingerprint density at radius 3 is 2.68 bits per heavy atom. The fraction of sp³-hybridized carbons (Fsp3) is 0.533. The summed E-state index contributed by atoms with van der Waals surface area (Å²) in [5.74, 6) is 0.210. The molecule has 1 heterocycles. The number of nitrogens with zero attached hydrogens (tertiary/aromatic N) is 1. The first-order valence-corrected chi connectivity index (χ1v) is 7.54. The third-order valence-electron chi connectivity index (χ3n) is 3.76. The number of carbonyl (C=O) groups excluding carboxylic acids is 1. The molecule has 1 aromatic rings. The number of rotatable bonds is 2. The zero-order valence-electron chi connectivity index (χ0n) is 11.7. The molecule has 1 aromatic carbocycles. The summed E-state index contributed by atoms with van der Waals surface area (Å²) >= 11 is 3.51. The highest BCUT2D eigenvalue weighted by molar-refractivity contribution is 9.10. The molecule has 0 saturated carbocycles. The summed E-state index contributed by atoms with van der Waals surface area (Å²) in [7, 11) is 0. The van der Waals surface area contributed by atoms with Crippen molar-refractivity contribution in [1.29, 1.82) is 0 Å². The van der Waals surface area contributed by atoms with Crippen molar-refractivity contribution in [3.05, 3.63) is 33.8 Å². The highest BCUT2D eigenvalue weighted by Gasteiger charge is 2.36.